The molecule has 3 rings (SSSR count). The van der Waals surface area contributed by atoms with Crippen molar-refractivity contribution in [1.29, 1.82) is 0 Å². The van der Waals surface area contributed by atoms with Gasteiger partial charge in [0.05, 0.1) is 6.10 Å². The van der Waals surface area contributed by atoms with E-state index in [1.807, 2.05) is 31.5 Å². The second-order valence-corrected chi connectivity index (χ2v) is 7.05. The number of aryl methyl sites for hydroxylation is 1. The molecule has 0 bridgehead atoms. The van der Waals surface area contributed by atoms with Gasteiger partial charge in [0, 0.05) is 43.4 Å². The highest BCUT2D eigenvalue weighted by Crippen LogP contribution is 2.57. The van der Waals surface area contributed by atoms with Crippen LogP contribution in [0.15, 0.2) is 12.4 Å². The number of ether oxygens (including phenoxy) is 1. The number of amides is 1. The highest BCUT2D eigenvalue weighted by atomic mass is 35.5. The third kappa shape index (κ3) is 3.05. The Morgan fingerprint density at radius 1 is 1.50 bits per heavy atom. The van der Waals surface area contributed by atoms with Gasteiger partial charge in [-0.1, -0.05) is 13.8 Å². The number of carbonyl (C=O) groups is 1. The molecule has 8 heteroatoms. The number of nitrogens with zero attached hydrogens (tertiary/aromatic N) is 2. The van der Waals surface area contributed by atoms with Gasteiger partial charge in [0.1, 0.15) is 11.4 Å². The van der Waals surface area contributed by atoms with Crippen molar-refractivity contribution >= 4 is 30.7 Å². The summed E-state index contributed by atoms with van der Waals surface area (Å²) in [5.74, 6) is 1.02. The summed E-state index contributed by atoms with van der Waals surface area (Å²) < 4.78 is 7.86. The van der Waals surface area contributed by atoms with Crippen LogP contribution >= 0.6 is 24.8 Å². The molecule has 0 aromatic carbocycles. The summed E-state index contributed by atoms with van der Waals surface area (Å²) in [6, 6.07) is 0. The molecule has 3 unspecified atom stereocenters. The standard InChI is InChI=1S/C16H26N4O2.2ClH/c1-11-18-6-8-20(11)9-7-19-14(21)16(17)12-5-4-10-22-13(12)15(16,2)3;;/h6,8,12-13H,4-5,7,9-10,17H2,1-3H3,(H,19,21);2*1H. The van der Waals surface area contributed by atoms with Crippen molar-refractivity contribution in [1.82, 2.24) is 14.9 Å². The summed E-state index contributed by atoms with van der Waals surface area (Å²) in [7, 11) is 0. The van der Waals surface area contributed by atoms with Crippen LogP contribution in [0.5, 0.6) is 0 Å². The van der Waals surface area contributed by atoms with E-state index < -0.39 is 5.54 Å². The van der Waals surface area contributed by atoms with Crippen molar-refractivity contribution in [3.8, 4) is 0 Å². The lowest BCUT2D eigenvalue weighted by Crippen LogP contribution is -2.82. The van der Waals surface area contributed by atoms with Gasteiger partial charge in [-0.3, -0.25) is 4.79 Å². The van der Waals surface area contributed by atoms with Crippen LogP contribution in [0.4, 0.5) is 0 Å². The number of hydrogen-bond acceptors (Lipinski definition) is 4. The van der Waals surface area contributed by atoms with Gasteiger partial charge in [-0.15, -0.1) is 24.8 Å². The van der Waals surface area contributed by atoms with Crippen molar-refractivity contribution < 1.29 is 9.53 Å². The van der Waals surface area contributed by atoms with Gasteiger partial charge in [0.2, 0.25) is 5.91 Å². The number of carbonyl (C=O) groups excluding carboxylic acids is 1. The quantitative estimate of drug-likeness (QED) is 0.834. The smallest absolute Gasteiger partial charge is 0.241 e. The van der Waals surface area contributed by atoms with Crippen LogP contribution in [0.2, 0.25) is 0 Å². The molecule has 6 nitrogen and oxygen atoms in total. The zero-order valence-corrected chi connectivity index (χ0v) is 16.1. The molecule has 138 valence electrons. The number of fused-ring (bicyclic) bond motifs is 1. The van der Waals surface area contributed by atoms with E-state index >= 15 is 0 Å². The minimum absolute atomic E-state index is 0. The molecular formula is C16H28Cl2N4O2. The summed E-state index contributed by atoms with van der Waals surface area (Å²) >= 11 is 0. The highest BCUT2D eigenvalue weighted by molar-refractivity contribution is 5.89. The van der Waals surface area contributed by atoms with E-state index in [0.29, 0.717) is 13.1 Å². The first-order valence-electron chi connectivity index (χ1n) is 8.05. The average molecular weight is 379 g/mol. The van der Waals surface area contributed by atoms with E-state index in [1.54, 1.807) is 6.20 Å². The zero-order valence-electron chi connectivity index (χ0n) is 14.4. The third-order valence-corrected chi connectivity index (χ3v) is 5.62. The van der Waals surface area contributed by atoms with Crippen molar-refractivity contribution in [2.45, 2.75) is 51.8 Å². The second kappa shape index (κ2) is 7.60. The van der Waals surface area contributed by atoms with Gasteiger partial charge in [0.25, 0.3) is 0 Å². The van der Waals surface area contributed by atoms with Crippen molar-refractivity contribution in [3.63, 3.8) is 0 Å². The zero-order chi connectivity index (χ0) is 16.0. The van der Waals surface area contributed by atoms with Gasteiger partial charge in [-0.2, -0.15) is 0 Å². The Hall–Kier alpha value is -0.820. The van der Waals surface area contributed by atoms with E-state index in [9.17, 15) is 4.79 Å². The molecule has 1 saturated heterocycles. The van der Waals surface area contributed by atoms with Crippen LogP contribution in [0.25, 0.3) is 0 Å². The first kappa shape index (κ1) is 21.2. The fourth-order valence-corrected chi connectivity index (χ4v) is 4.11. The van der Waals surface area contributed by atoms with Crippen LogP contribution < -0.4 is 11.1 Å². The second-order valence-electron chi connectivity index (χ2n) is 7.05. The van der Waals surface area contributed by atoms with E-state index in [0.717, 1.165) is 25.3 Å². The lowest BCUT2D eigenvalue weighted by atomic mass is 9.46. The molecule has 1 aliphatic heterocycles. The number of nitrogens with one attached hydrogen (secondary N) is 1. The maximum Gasteiger partial charge on any atom is 0.241 e. The number of aromatic nitrogens is 2. The molecule has 0 spiro atoms. The van der Waals surface area contributed by atoms with Gasteiger partial charge < -0.3 is 20.4 Å². The molecule has 2 heterocycles. The monoisotopic (exact) mass is 378 g/mol. The molecule has 1 aromatic heterocycles. The molecule has 1 amide bonds. The number of halogens is 2. The minimum Gasteiger partial charge on any atom is -0.377 e. The lowest BCUT2D eigenvalue weighted by Gasteiger charge is -2.65. The van der Waals surface area contributed by atoms with Gasteiger partial charge in [0.15, 0.2) is 0 Å². The van der Waals surface area contributed by atoms with Crippen molar-refractivity contribution in [2.75, 3.05) is 13.2 Å². The molecule has 0 radical (unpaired) electrons. The van der Waals surface area contributed by atoms with Crippen LogP contribution in [-0.4, -0.2) is 40.3 Å². The van der Waals surface area contributed by atoms with Crippen LogP contribution in [0.1, 0.15) is 32.5 Å². The van der Waals surface area contributed by atoms with Crippen LogP contribution in [0, 0.1) is 18.3 Å². The fourth-order valence-electron chi connectivity index (χ4n) is 4.11. The Labute approximate surface area is 155 Å². The SMILES string of the molecule is Cc1nccn1CCNC(=O)C1(N)C2CCCOC2C1(C)C.Cl.Cl. The predicted molar refractivity (Wildman–Crippen MR) is 97.6 cm³/mol. The Morgan fingerprint density at radius 3 is 2.83 bits per heavy atom. The molecule has 3 N–H and O–H groups in total. The molecule has 3 atom stereocenters. The summed E-state index contributed by atoms with van der Waals surface area (Å²) in [5, 5.41) is 3.01. The first-order chi connectivity index (χ1) is 10.4. The maximum absolute atomic E-state index is 12.7. The number of imidazole rings is 1. The Kier molecular flexibility index (Phi) is 6.72. The van der Waals surface area contributed by atoms with E-state index in [1.165, 1.54) is 0 Å². The first-order valence-corrected chi connectivity index (χ1v) is 8.05. The van der Waals surface area contributed by atoms with E-state index in [2.05, 4.69) is 10.3 Å². The third-order valence-electron chi connectivity index (χ3n) is 5.62. The normalized spacial score (nSPS) is 30.2. The number of nitrogens with two attached hydrogens (primary N) is 1. The largest absolute Gasteiger partial charge is 0.377 e. The minimum atomic E-state index is -0.831. The summed E-state index contributed by atoms with van der Waals surface area (Å²) in [6.07, 6.45) is 5.74. The van der Waals surface area contributed by atoms with Crippen LogP contribution in [-0.2, 0) is 16.1 Å². The predicted octanol–water partition coefficient (Wildman–Crippen LogP) is 1.68. The van der Waals surface area contributed by atoms with Gasteiger partial charge >= 0.3 is 0 Å². The molecule has 2 fully saturated rings. The van der Waals surface area contributed by atoms with Gasteiger partial charge in [-0.05, 0) is 19.8 Å². The number of rotatable bonds is 4. The fraction of sp³-hybridized carbons (Fsp3) is 0.750. The number of hydrogen-bond donors (Lipinski definition) is 2. The Bertz CT molecular complexity index is 578. The van der Waals surface area contributed by atoms with Gasteiger partial charge in [-0.25, -0.2) is 4.98 Å². The Balaban J connectivity index is 0.00000144. The van der Waals surface area contributed by atoms with E-state index in [-0.39, 0.29) is 48.2 Å². The van der Waals surface area contributed by atoms with Crippen molar-refractivity contribution in [2.24, 2.45) is 17.1 Å². The summed E-state index contributed by atoms with van der Waals surface area (Å²) in [4.78, 5) is 16.9. The Morgan fingerprint density at radius 2 is 2.21 bits per heavy atom. The van der Waals surface area contributed by atoms with Crippen molar-refractivity contribution in [3.05, 3.63) is 18.2 Å². The molecule has 1 aromatic rings. The van der Waals surface area contributed by atoms with E-state index in [4.69, 9.17) is 10.5 Å². The molecular weight excluding hydrogens is 351 g/mol. The maximum atomic E-state index is 12.7. The molecule has 24 heavy (non-hydrogen) atoms. The summed E-state index contributed by atoms with van der Waals surface area (Å²) in [5.41, 5.74) is 5.40. The topological polar surface area (TPSA) is 82.2 Å². The molecule has 1 saturated carbocycles. The molecule has 1 aliphatic carbocycles. The lowest BCUT2D eigenvalue weighted by molar-refractivity contribution is -0.225. The summed E-state index contributed by atoms with van der Waals surface area (Å²) in [6.45, 7) is 8.08. The highest BCUT2D eigenvalue weighted by Gasteiger charge is 2.70. The average Bonchev–Trinajstić information content (AvgIpc) is 2.91. The molecule has 2 aliphatic rings. The van der Waals surface area contributed by atoms with Crippen LogP contribution in [0.3, 0.4) is 0 Å².